The Morgan fingerprint density at radius 3 is 2.60 bits per heavy atom. The molecule has 1 atom stereocenters. The Hall–Kier alpha value is -0.800. The van der Waals surface area contributed by atoms with Crippen LogP contribution in [0, 0.1) is 13.8 Å². The van der Waals surface area contributed by atoms with E-state index in [4.69, 9.17) is 10.2 Å². The monoisotopic (exact) mass is 267 g/mol. The standard InChI is InChI=1S/C12H14BrNO/c1-6-4-9(13)5-10-7(2)12(8(3)14)15-11(6)10/h4-5,8H,14H2,1-3H3. The second-order valence-corrected chi connectivity index (χ2v) is 4.90. The minimum absolute atomic E-state index is 0.0597. The van der Waals surface area contributed by atoms with Gasteiger partial charge in [0.1, 0.15) is 11.3 Å². The average molecular weight is 268 g/mol. The Morgan fingerprint density at radius 1 is 1.33 bits per heavy atom. The van der Waals surface area contributed by atoms with Gasteiger partial charge in [-0.3, -0.25) is 0 Å². The SMILES string of the molecule is Cc1c(C(C)N)oc2c(C)cc(Br)cc12. The number of rotatable bonds is 1. The Morgan fingerprint density at radius 2 is 2.00 bits per heavy atom. The maximum Gasteiger partial charge on any atom is 0.137 e. The summed E-state index contributed by atoms with van der Waals surface area (Å²) in [5, 5.41) is 1.15. The van der Waals surface area contributed by atoms with Gasteiger partial charge in [-0.25, -0.2) is 0 Å². The first kappa shape index (κ1) is 10.7. The van der Waals surface area contributed by atoms with Crippen molar-refractivity contribution in [3.05, 3.63) is 33.5 Å². The number of hydrogen-bond acceptors (Lipinski definition) is 2. The molecule has 0 aliphatic carbocycles. The van der Waals surface area contributed by atoms with Crippen LogP contribution in [0.2, 0.25) is 0 Å². The lowest BCUT2D eigenvalue weighted by molar-refractivity contribution is 0.508. The third-order valence-electron chi connectivity index (χ3n) is 2.64. The van der Waals surface area contributed by atoms with Crippen molar-refractivity contribution in [2.45, 2.75) is 26.8 Å². The fourth-order valence-electron chi connectivity index (χ4n) is 1.90. The fourth-order valence-corrected chi connectivity index (χ4v) is 2.47. The summed E-state index contributed by atoms with van der Waals surface area (Å²) in [5.74, 6) is 0.881. The molecule has 0 saturated carbocycles. The normalized spacial score (nSPS) is 13.4. The summed E-state index contributed by atoms with van der Waals surface area (Å²) in [6.07, 6.45) is 0. The van der Waals surface area contributed by atoms with Gasteiger partial charge in [-0.1, -0.05) is 15.9 Å². The van der Waals surface area contributed by atoms with E-state index in [-0.39, 0.29) is 6.04 Å². The Bertz CT molecular complexity index is 514. The molecule has 2 nitrogen and oxygen atoms in total. The molecule has 2 N–H and O–H groups in total. The third-order valence-corrected chi connectivity index (χ3v) is 3.10. The molecule has 0 bridgehead atoms. The molecule has 0 aliphatic heterocycles. The summed E-state index contributed by atoms with van der Waals surface area (Å²) in [7, 11) is 0. The van der Waals surface area contributed by atoms with Gasteiger partial charge in [0.05, 0.1) is 6.04 Å². The van der Waals surface area contributed by atoms with Gasteiger partial charge in [-0.2, -0.15) is 0 Å². The molecule has 15 heavy (non-hydrogen) atoms. The van der Waals surface area contributed by atoms with Crippen LogP contribution in [-0.4, -0.2) is 0 Å². The molecule has 1 heterocycles. The highest BCUT2D eigenvalue weighted by atomic mass is 79.9. The van der Waals surface area contributed by atoms with E-state index < -0.39 is 0 Å². The van der Waals surface area contributed by atoms with Crippen LogP contribution in [0.3, 0.4) is 0 Å². The van der Waals surface area contributed by atoms with Crippen LogP contribution < -0.4 is 5.73 Å². The molecule has 1 aromatic heterocycles. The molecule has 0 amide bonds. The van der Waals surface area contributed by atoms with E-state index in [2.05, 4.69) is 35.0 Å². The molecule has 2 aromatic rings. The van der Waals surface area contributed by atoms with Gasteiger partial charge in [0.15, 0.2) is 0 Å². The number of halogens is 1. The van der Waals surface area contributed by atoms with Crippen LogP contribution in [0.5, 0.6) is 0 Å². The number of benzene rings is 1. The molecule has 1 aromatic carbocycles. The zero-order chi connectivity index (χ0) is 11.2. The van der Waals surface area contributed by atoms with Crippen molar-refractivity contribution >= 4 is 26.9 Å². The summed E-state index contributed by atoms with van der Waals surface area (Å²) >= 11 is 3.49. The zero-order valence-corrected chi connectivity index (χ0v) is 10.7. The first-order valence-corrected chi connectivity index (χ1v) is 5.74. The smallest absolute Gasteiger partial charge is 0.137 e. The molecule has 0 saturated heterocycles. The number of fused-ring (bicyclic) bond motifs is 1. The van der Waals surface area contributed by atoms with Crippen LogP contribution in [-0.2, 0) is 0 Å². The van der Waals surface area contributed by atoms with Crippen molar-refractivity contribution in [2.24, 2.45) is 5.73 Å². The van der Waals surface area contributed by atoms with Gasteiger partial charge in [-0.15, -0.1) is 0 Å². The quantitative estimate of drug-likeness (QED) is 0.853. The lowest BCUT2D eigenvalue weighted by Gasteiger charge is -2.00. The molecular formula is C12H14BrNO. The Balaban J connectivity index is 2.82. The minimum Gasteiger partial charge on any atom is -0.459 e. The molecule has 0 spiro atoms. The van der Waals surface area contributed by atoms with E-state index in [1.165, 1.54) is 0 Å². The van der Waals surface area contributed by atoms with E-state index in [0.29, 0.717) is 0 Å². The first-order valence-electron chi connectivity index (χ1n) is 4.95. The maximum atomic E-state index is 5.86. The van der Waals surface area contributed by atoms with Crippen molar-refractivity contribution in [3.8, 4) is 0 Å². The molecule has 1 unspecified atom stereocenters. The van der Waals surface area contributed by atoms with Crippen molar-refractivity contribution < 1.29 is 4.42 Å². The zero-order valence-electron chi connectivity index (χ0n) is 9.10. The number of aryl methyl sites for hydroxylation is 2. The largest absolute Gasteiger partial charge is 0.459 e. The molecule has 0 aliphatic rings. The topological polar surface area (TPSA) is 39.2 Å². The van der Waals surface area contributed by atoms with Crippen molar-refractivity contribution in [1.82, 2.24) is 0 Å². The van der Waals surface area contributed by atoms with Crippen LogP contribution in [0.1, 0.15) is 29.9 Å². The van der Waals surface area contributed by atoms with Crippen molar-refractivity contribution in [2.75, 3.05) is 0 Å². The van der Waals surface area contributed by atoms with Crippen LogP contribution in [0.25, 0.3) is 11.0 Å². The van der Waals surface area contributed by atoms with Gasteiger partial charge in [0.25, 0.3) is 0 Å². The minimum atomic E-state index is -0.0597. The van der Waals surface area contributed by atoms with E-state index in [1.807, 2.05) is 13.8 Å². The second kappa shape index (κ2) is 3.65. The Kier molecular flexibility index (Phi) is 2.61. The number of furan rings is 1. The van der Waals surface area contributed by atoms with Gasteiger partial charge >= 0.3 is 0 Å². The van der Waals surface area contributed by atoms with Gasteiger partial charge in [0.2, 0.25) is 0 Å². The van der Waals surface area contributed by atoms with E-state index >= 15 is 0 Å². The summed E-state index contributed by atoms with van der Waals surface area (Å²) in [4.78, 5) is 0. The lowest BCUT2D eigenvalue weighted by Crippen LogP contribution is -2.04. The fraction of sp³-hybridized carbons (Fsp3) is 0.333. The summed E-state index contributed by atoms with van der Waals surface area (Å²) in [6, 6.07) is 4.07. The molecule has 0 fully saturated rings. The summed E-state index contributed by atoms with van der Waals surface area (Å²) < 4.78 is 6.88. The highest BCUT2D eigenvalue weighted by Gasteiger charge is 2.15. The summed E-state index contributed by atoms with van der Waals surface area (Å²) in [5.41, 5.74) is 9.08. The van der Waals surface area contributed by atoms with E-state index in [9.17, 15) is 0 Å². The predicted octanol–water partition coefficient (Wildman–Crippen LogP) is 3.83. The molecule has 80 valence electrons. The summed E-state index contributed by atoms with van der Waals surface area (Å²) in [6.45, 7) is 6.03. The van der Waals surface area contributed by atoms with Gasteiger partial charge < -0.3 is 10.2 Å². The van der Waals surface area contributed by atoms with E-state index in [1.54, 1.807) is 0 Å². The molecule has 0 radical (unpaired) electrons. The predicted molar refractivity (Wildman–Crippen MR) is 66.0 cm³/mol. The average Bonchev–Trinajstić information content (AvgIpc) is 2.44. The second-order valence-electron chi connectivity index (χ2n) is 3.98. The maximum absolute atomic E-state index is 5.86. The lowest BCUT2D eigenvalue weighted by atomic mass is 10.1. The van der Waals surface area contributed by atoms with Crippen LogP contribution >= 0.6 is 15.9 Å². The number of hydrogen-bond donors (Lipinski definition) is 1. The molecular weight excluding hydrogens is 254 g/mol. The highest BCUT2D eigenvalue weighted by Crippen LogP contribution is 2.32. The Labute approximate surface area is 97.6 Å². The first-order chi connectivity index (χ1) is 7.00. The molecule has 2 rings (SSSR count). The number of nitrogens with two attached hydrogens (primary N) is 1. The van der Waals surface area contributed by atoms with Crippen molar-refractivity contribution in [3.63, 3.8) is 0 Å². The van der Waals surface area contributed by atoms with Crippen LogP contribution in [0.15, 0.2) is 21.0 Å². The van der Waals surface area contributed by atoms with Crippen LogP contribution in [0.4, 0.5) is 0 Å². The van der Waals surface area contributed by atoms with Crippen molar-refractivity contribution in [1.29, 1.82) is 0 Å². The van der Waals surface area contributed by atoms with Gasteiger partial charge in [-0.05, 0) is 38.5 Å². The highest BCUT2D eigenvalue weighted by molar-refractivity contribution is 9.10. The third kappa shape index (κ3) is 1.70. The van der Waals surface area contributed by atoms with Gasteiger partial charge in [0, 0.05) is 15.4 Å². The van der Waals surface area contributed by atoms with E-state index in [0.717, 1.165) is 32.3 Å². The molecule has 3 heteroatoms.